The van der Waals surface area contributed by atoms with Gasteiger partial charge in [0.1, 0.15) is 5.82 Å². The Morgan fingerprint density at radius 2 is 2.50 bits per heavy atom. The summed E-state index contributed by atoms with van der Waals surface area (Å²) in [6.07, 6.45) is 9.57. The Kier molecular flexibility index (Phi) is 2.69. The number of hydrogen-bond donors (Lipinski definition) is 1. The lowest BCUT2D eigenvalue weighted by Crippen LogP contribution is -2.38. The van der Waals surface area contributed by atoms with Crippen LogP contribution in [0.15, 0.2) is 12.4 Å². The molecule has 1 aromatic rings. The molecule has 0 aromatic carbocycles. The number of aromatic nitrogens is 2. The summed E-state index contributed by atoms with van der Waals surface area (Å²) in [5, 5.41) is 3.60. The summed E-state index contributed by atoms with van der Waals surface area (Å²) in [7, 11) is 2.04. The SMILES string of the molecule is Cn1ccnc1CCNC1CC2CCC1O2. The summed E-state index contributed by atoms with van der Waals surface area (Å²) in [6.45, 7) is 1.00. The zero-order valence-corrected chi connectivity index (χ0v) is 9.72. The van der Waals surface area contributed by atoms with E-state index in [1.807, 2.05) is 19.4 Å². The number of hydrogen-bond acceptors (Lipinski definition) is 3. The molecular formula is C12H19N3O. The van der Waals surface area contributed by atoms with Gasteiger partial charge in [-0.2, -0.15) is 0 Å². The highest BCUT2D eigenvalue weighted by Crippen LogP contribution is 2.34. The number of nitrogens with one attached hydrogen (secondary N) is 1. The van der Waals surface area contributed by atoms with Gasteiger partial charge in [-0.25, -0.2) is 4.98 Å². The van der Waals surface area contributed by atoms with E-state index >= 15 is 0 Å². The van der Waals surface area contributed by atoms with Gasteiger partial charge in [-0.05, 0) is 19.3 Å². The zero-order valence-electron chi connectivity index (χ0n) is 9.72. The van der Waals surface area contributed by atoms with Gasteiger partial charge in [-0.3, -0.25) is 0 Å². The van der Waals surface area contributed by atoms with Crippen molar-refractivity contribution in [1.82, 2.24) is 14.9 Å². The van der Waals surface area contributed by atoms with E-state index in [4.69, 9.17) is 4.74 Å². The molecule has 2 fully saturated rings. The molecule has 0 radical (unpaired) electrons. The smallest absolute Gasteiger partial charge is 0.109 e. The number of aryl methyl sites for hydroxylation is 1. The van der Waals surface area contributed by atoms with Crippen LogP contribution in [0.4, 0.5) is 0 Å². The molecule has 0 saturated carbocycles. The average molecular weight is 221 g/mol. The van der Waals surface area contributed by atoms with Crippen LogP contribution in [-0.4, -0.2) is 34.3 Å². The monoisotopic (exact) mass is 221 g/mol. The predicted molar refractivity (Wildman–Crippen MR) is 61.2 cm³/mol. The molecule has 2 aliphatic heterocycles. The average Bonchev–Trinajstić information content (AvgIpc) is 2.96. The lowest BCUT2D eigenvalue weighted by Gasteiger charge is -2.19. The van der Waals surface area contributed by atoms with E-state index in [2.05, 4.69) is 14.9 Å². The number of rotatable bonds is 4. The lowest BCUT2D eigenvalue weighted by molar-refractivity contribution is 0.0975. The van der Waals surface area contributed by atoms with Gasteiger partial charge in [0.25, 0.3) is 0 Å². The first-order valence-electron chi connectivity index (χ1n) is 6.18. The molecule has 4 heteroatoms. The minimum atomic E-state index is 0.478. The highest BCUT2D eigenvalue weighted by atomic mass is 16.5. The van der Waals surface area contributed by atoms with Gasteiger partial charge in [0.05, 0.1) is 12.2 Å². The normalized spacial score (nSPS) is 32.4. The number of ether oxygens (including phenoxy) is 1. The van der Waals surface area contributed by atoms with Crippen molar-refractivity contribution >= 4 is 0 Å². The van der Waals surface area contributed by atoms with Crippen LogP contribution >= 0.6 is 0 Å². The summed E-state index contributed by atoms with van der Waals surface area (Å²) in [6, 6.07) is 0.582. The standard InChI is InChI=1S/C12H19N3O/c1-15-7-6-14-12(15)4-5-13-10-8-9-2-3-11(10)16-9/h6-7,9-11,13H,2-5,8H2,1H3. The first-order valence-corrected chi connectivity index (χ1v) is 6.18. The Hall–Kier alpha value is -0.870. The van der Waals surface area contributed by atoms with E-state index in [0.717, 1.165) is 18.8 Å². The van der Waals surface area contributed by atoms with Gasteiger partial charge >= 0.3 is 0 Å². The number of nitrogens with zero attached hydrogens (tertiary/aromatic N) is 2. The van der Waals surface area contributed by atoms with Crippen molar-refractivity contribution in [2.75, 3.05) is 6.54 Å². The van der Waals surface area contributed by atoms with Crippen molar-refractivity contribution < 1.29 is 4.74 Å². The molecule has 2 saturated heterocycles. The van der Waals surface area contributed by atoms with Crippen LogP contribution in [0.5, 0.6) is 0 Å². The molecule has 2 bridgehead atoms. The molecular weight excluding hydrogens is 202 g/mol. The van der Waals surface area contributed by atoms with Gasteiger partial charge in [0.2, 0.25) is 0 Å². The minimum absolute atomic E-state index is 0.478. The largest absolute Gasteiger partial charge is 0.373 e. The van der Waals surface area contributed by atoms with E-state index in [1.165, 1.54) is 19.3 Å². The van der Waals surface area contributed by atoms with Crippen LogP contribution < -0.4 is 5.32 Å². The third-order valence-corrected chi connectivity index (χ3v) is 3.78. The van der Waals surface area contributed by atoms with Crippen LogP contribution in [0.1, 0.15) is 25.1 Å². The van der Waals surface area contributed by atoms with E-state index < -0.39 is 0 Å². The molecule has 16 heavy (non-hydrogen) atoms. The highest BCUT2D eigenvalue weighted by molar-refractivity contribution is 4.96. The van der Waals surface area contributed by atoms with Gasteiger partial charge in [-0.15, -0.1) is 0 Å². The third-order valence-electron chi connectivity index (χ3n) is 3.78. The molecule has 4 nitrogen and oxygen atoms in total. The third kappa shape index (κ3) is 1.87. The Balaban J connectivity index is 1.46. The molecule has 3 rings (SSSR count). The zero-order chi connectivity index (χ0) is 11.0. The van der Waals surface area contributed by atoms with Gasteiger partial charge in [0, 0.05) is 38.4 Å². The molecule has 2 aliphatic rings. The van der Waals surface area contributed by atoms with Gasteiger partial charge in [-0.1, -0.05) is 0 Å². The summed E-state index contributed by atoms with van der Waals surface area (Å²) >= 11 is 0. The number of fused-ring (bicyclic) bond motifs is 2. The summed E-state index contributed by atoms with van der Waals surface area (Å²) < 4.78 is 7.90. The van der Waals surface area contributed by atoms with Crippen molar-refractivity contribution in [3.05, 3.63) is 18.2 Å². The molecule has 88 valence electrons. The van der Waals surface area contributed by atoms with Crippen molar-refractivity contribution in [3.63, 3.8) is 0 Å². The van der Waals surface area contributed by atoms with Crippen LogP contribution in [0.2, 0.25) is 0 Å². The minimum Gasteiger partial charge on any atom is -0.373 e. The Morgan fingerprint density at radius 1 is 1.56 bits per heavy atom. The molecule has 0 amide bonds. The molecule has 1 N–H and O–H groups in total. The quantitative estimate of drug-likeness (QED) is 0.820. The summed E-state index contributed by atoms with van der Waals surface area (Å²) in [5.41, 5.74) is 0. The predicted octanol–water partition coefficient (Wildman–Crippen LogP) is 0.872. The maximum absolute atomic E-state index is 5.81. The van der Waals surface area contributed by atoms with E-state index in [0.29, 0.717) is 18.2 Å². The Morgan fingerprint density at radius 3 is 3.12 bits per heavy atom. The topological polar surface area (TPSA) is 39.1 Å². The molecule has 0 aliphatic carbocycles. The van der Waals surface area contributed by atoms with E-state index in [1.54, 1.807) is 0 Å². The van der Waals surface area contributed by atoms with Gasteiger partial charge in [0.15, 0.2) is 0 Å². The second kappa shape index (κ2) is 4.18. The molecule has 1 aromatic heterocycles. The molecule has 3 unspecified atom stereocenters. The van der Waals surface area contributed by atoms with Crippen molar-refractivity contribution in [3.8, 4) is 0 Å². The van der Waals surface area contributed by atoms with Crippen LogP contribution in [-0.2, 0) is 18.2 Å². The maximum Gasteiger partial charge on any atom is 0.109 e. The molecule has 0 spiro atoms. The van der Waals surface area contributed by atoms with E-state index in [9.17, 15) is 0 Å². The second-order valence-electron chi connectivity index (χ2n) is 4.87. The molecule has 3 heterocycles. The fraction of sp³-hybridized carbons (Fsp3) is 0.750. The highest BCUT2D eigenvalue weighted by Gasteiger charge is 2.40. The first-order chi connectivity index (χ1) is 7.83. The molecule has 3 atom stereocenters. The fourth-order valence-corrected chi connectivity index (χ4v) is 2.86. The summed E-state index contributed by atoms with van der Waals surface area (Å²) in [5.74, 6) is 1.15. The second-order valence-corrected chi connectivity index (χ2v) is 4.87. The first kappa shape index (κ1) is 10.3. The summed E-state index contributed by atoms with van der Waals surface area (Å²) in [4.78, 5) is 4.32. The van der Waals surface area contributed by atoms with Crippen molar-refractivity contribution in [1.29, 1.82) is 0 Å². The lowest BCUT2D eigenvalue weighted by atomic mass is 9.95. The Bertz CT molecular complexity index is 363. The van der Waals surface area contributed by atoms with Crippen LogP contribution in [0, 0.1) is 0 Å². The number of imidazole rings is 1. The van der Waals surface area contributed by atoms with Gasteiger partial charge < -0.3 is 14.6 Å². The van der Waals surface area contributed by atoms with Crippen LogP contribution in [0.3, 0.4) is 0 Å². The van der Waals surface area contributed by atoms with Crippen LogP contribution in [0.25, 0.3) is 0 Å². The Labute approximate surface area is 96.0 Å². The van der Waals surface area contributed by atoms with E-state index in [-0.39, 0.29) is 0 Å². The fourth-order valence-electron chi connectivity index (χ4n) is 2.86. The van der Waals surface area contributed by atoms with Crippen molar-refractivity contribution in [2.24, 2.45) is 7.05 Å². The van der Waals surface area contributed by atoms with Crippen molar-refractivity contribution in [2.45, 2.75) is 43.9 Å². The maximum atomic E-state index is 5.81.